The Balaban J connectivity index is 0.00000261. The van der Waals surface area contributed by atoms with Gasteiger partial charge in [0.1, 0.15) is 0 Å². The summed E-state index contributed by atoms with van der Waals surface area (Å²) in [5.74, 6) is 0.960. The number of likely N-dealkylation sites (tertiary alicyclic amines) is 1. The van der Waals surface area contributed by atoms with Crippen LogP contribution in [0.3, 0.4) is 0 Å². The first-order chi connectivity index (χ1) is 12.7. The van der Waals surface area contributed by atoms with Crippen molar-refractivity contribution < 1.29 is 4.79 Å². The van der Waals surface area contributed by atoms with Gasteiger partial charge < -0.3 is 15.5 Å². The van der Waals surface area contributed by atoms with Crippen LogP contribution in [0.4, 0.5) is 0 Å². The molecule has 0 bridgehead atoms. The van der Waals surface area contributed by atoms with Gasteiger partial charge in [0, 0.05) is 32.2 Å². The molecular weight excluding hydrogens is 451 g/mol. The van der Waals surface area contributed by atoms with E-state index >= 15 is 0 Å². The van der Waals surface area contributed by atoms with Crippen LogP contribution >= 0.6 is 24.0 Å². The lowest BCUT2D eigenvalue weighted by Crippen LogP contribution is -2.41. The van der Waals surface area contributed by atoms with Crippen molar-refractivity contribution in [1.82, 2.24) is 15.5 Å². The van der Waals surface area contributed by atoms with Gasteiger partial charge in [0.05, 0.1) is 6.54 Å². The summed E-state index contributed by atoms with van der Waals surface area (Å²) in [5, 5.41) is 6.14. The molecule has 1 aromatic rings. The zero-order chi connectivity index (χ0) is 18.4. The van der Waals surface area contributed by atoms with Crippen molar-refractivity contribution >= 4 is 35.8 Å². The van der Waals surface area contributed by atoms with E-state index in [0.717, 1.165) is 31.2 Å². The van der Waals surface area contributed by atoms with Gasteiger partial charge in [0.15, 0.2) is 5.96 Å². The number of rotatable bonds is 4. The van der Waals surface area contributed by atoms with Crippen LogP contribution in [-0.2, 0) is 6.54 Å². The number of hydrogen-bond donors (Lipinski definition) is 2. The molecular formula is C21H33IN4O. The van der Waals surface area contributed by atoms with Gasteiger partial charge in [-0.05, 0) is 49.3 Å². The highest BCUT2D eigenvalue weighted by Gasteiger charge is 2.39. The Morgan fingerprint density at radius 1 is 1.22 bits per heavy atom. The first-order valence-electron chi connectivity index (χ1n) is 10.00. The van der Waals surface area contributed by atoms with Crippen LogP contribution in [0.1, 0.15) is 61.4 Å². The van der Waals surface area contributed by atoms with Gasteiger partial charge in [-0.1, -0.05) is 31.4 Å². The lowest BCUT2D eigenvalue weighted by molar-refractivity contribution is 0.0963. The SMILES string of the molecule is CCNC(=NCc1cccc(C(=O)NC)c1)N1CCC2(CCCCC2)C1.I. The number of amides is 1. The van der Waals surface area contributed by atoms with Crippen LogP contribution in [0.5, 0.6) is 0 Å². The van der Waals surface area contributed by atoms with E-state index in [2.05, 4.69) is 22.5 Å². The van der Waals surface area contributed by atoms with Gasteiger partial charge in [-0.15, -0.1) is 24.0 Å². The maximum atomic E-state index is 11.8. The second-order valence-corrected chi connectivity index (χ2v) is 7.68. The second-order valence-electron chi connectivity index (χ2n) is 7.68. The van der Waals surface area contributed by atoms with Crippen molar-refractivity contribution in [3.8, 4) is 0 Å². The van der Waals surface area contributed by atoms with E-state index in [0.29, 0.717) is 17.5 Å². The summed E-state index contributed by atoms with van der Waals surface area (Å²) in [6.45, 7) is 5.83. The molecule has 6 heteroatoms. The topological polar surface area (TPSA) is 56.7 Å². The molecule has 0 unspecified atom stereocenters. The van der Waals surface area contributed by atoms with Crippen molar-refractivity contribution in [1.29, 1.82) is 0 Å². The lowest BCUT2D eigenvalue weighted by atomic mass is 9.73. The number of benzene rings is 1. The summed E-state index contributed by atoms with van der Waals surface area (Å²) in [5.41, 5.74) is 2.27. The van der Waals surface area contributed by atoms with Crippen LogP contribution in [0.2, 0.25) is 0 Å². The minimum atomic E-state index is -0.0541. The van der Waals surface area contributed by atoms with E-state index in [1.165, 1.54) is 38.5 Å². The maximum absolute atomic E-state index is 11.8. The van der Waals surface area contributed by atoms with Gasteiger partial charge in [0.25, 0.3) is 5.91 Å². The van der Waals surface area contributed by atoms with Crippen LogP contribution < -0.4 is 10.6 Å². The minimum absolute atomic E-state index is 0. The Hall–Kier alpha value is -1.31. The Morgan fingerprint density at radius 3 is 2.70 bits per heavy atom. The van der Waals surface area contributed by atoms with Crippen LogP contribution in [0.15, 0.2) is 29.3 Å². The summed E-state index contributed by atoms with van der Waals surface area (Å²) in [7, 11) is 1.66. The molecule has 0 aromatic heterocycles. The summed E-state index contributed by atoms with van der Waals surface area (Å²) < 4.78 is 0. The van der Waals surface area contributed by atoms with Crippen LogP contribution in [0, 0.1) is 5.41 Å². The molecule has 150 valence electrons. The van der Waals surface area contributed by atoms with E-state index < -0.39 is 0 Å². The molecule has 0 atom stereocenters. The number of carbonyl (C=O) groups is 1. The number of nitrogens with one attached hydrogen (secondary N) is 2. The number of nitrogens with zero attached hydrogens (tertiary/aromatic N) is 2. The van der Waals surface area contributed by atoms with E-state index in [4.69, 9.17) is 4.99 Å². The summed E-state index contributed by atoms with van der Waals surface area (Å²) in [6, 6.07) is 7.73. The minimum Gasteiger partial charge on any atom is -0.357 e. The third-order valence-corrected chi connectivity index (χ3v) is 5.81. The molecule has 1 aromatic carbocycles. The fraction of sp³-hybridized carbons (Fsp3) is 0.619. The Labute approximate surface area is 180 Å². The number of guanidine groups is 1. The summed E-state index contributed by atoms with van der Waals surface area (Å²) >= 11 is 0. The van der Waals surface area contributed by atoms with E-state index in [-0.39, 0.29) is 29.9 Å². The highest BCUT2D eigenvalue weighted by molar-refractivity contribution is 14.0. The second kappa shape index (κ2) is 10.3. The zero-order valence-electron chi connectivity index (χ0n) is 16.6. The van der Waals surface area contributed by atoms with Crippen molar-refractivity contribution in [2.75, 3.05) is 26.7 Å². The first-order valence-corrected chi connectivity index (χ1v) is 10.00. The van der Waals surface area contributed by atoms with Gasteiger partial charge in [0.2, 0.25) is 0 Å². The van der Waals surface area contributed by atoms with E-state index in [1.807, 2.05) is 24.3 Å². The molecule has 27 heavy (non-hydrogen) atoms. The smallest absolute Gasteiger partial charge is 0.251 e. The summed E-state index contributed by atoms with van der Waals surface area (Å²) in [6.07, 6.45) is 8.21. The molecule has 1 spiro atoms. The average molecular weight is 484 g/mol. The van der Waals surface area contributed by atoms with Crippen molar-refractivity contribution in [2.45, 2.75) is 52.0 Å². The Bertz CT molecular complexity index is 655. The highest BCUT2D eigenvalue weighted by Crippen LogP contribution is 2.43. The van der Waals surface area contributed by atoms with Crippen molar-refractivity contribution in [2.24, 2.45) is 10.4 Å². The van der Waals surface area contributed by atoms with Gasteiger partial charge in [-0.25, -0.2) is 4.99 Å². The van der Waals surface area contributed by atoms with E-state index in [9.17, 15) is 4.79 Å². The predicted octanol–water partition coefficient (Wildman–Crippen LogP) is 3.79. The first kappa shape index (κ1) is 22.0. The maximum Gasteiger partial charge on any atom is 0.251 e. The number of carbonyl (C=O) groups excluding carboxylic acids is 1. The lowest BCUT2D eigenvalue weighted by Gasteiger charge is -2.33. The standard InChI is InChI=1S/C21H32N4O.HI/c1-3-23-20(25-13-12-21(16-25)10-5-4-6-11-21)24-15-17-8-7-9-18(14-17)19(26)22-2;/h7-9,14H,3-6,10-13,15-16H2,1-2H3,(H,22,26)(H,23,24);1H. The third kappa shape index (κ3) is 5.59. The molecule has 1 aliphatic heterocycles. The average Bonchev–Trinajstić information content (AvgIpc) is 3.08. The number of aliphatic imine (C=N–C) groups is 1. The molecule has 0 radical (unpaired) electrons. The highest BCUT2D eigenvalue weighted by atomic mass is 127. The molecule has 1 saturated heterocycles. The zero-order valence-corrected chi connectivity index (χ0v) is 18.9. The molecule has 1 heterocycles. The molecule has 3 rings (SSSR count). The summed E-state index contributed by atoms with van der Waals surface area (Å²) in [4.78, 5) is 19.1. The molecule has 1 amide bonds. The van der Waals surface area contributed by atoms with E-state index in [1.54, 1.807) is 7.05 Å². The number of halogens is 1. The third-order valence-electron chi connectivity index (χ3n) is 5.81. The fourth-order valence-electron chi connectivity index (χ4n) is 4.37. The molecule has 2 fully saturated rings. The number of hydrogen-bond acceptors (Lipinski definition) is 2. The van der Waals surface area contributed by atoms with Gasteiger partial charge in [-0.2, -0.15) is 0 Å². The molecule has 1 aliphatic carbocycles. The van der Waals surface area contributed by atoms with Gasteiger partial charge >= 0.3 is 0 Å². The molecule has 5 nitrogen and oxygen atoms in total. The van der Waals surface area contributed by atoms with Crippen molar-refractivity contribution in [3.05, 3.63) is 35.4 Å². The predicted molar refractivity (Wildman–Crippen MR) is 122 cm³/mol. The largest absolute Gasteiger partial charge is 0.357 e. The van der Waals surface area contributed by atoms with Crippen LogP contribution in [0.25, 0.3) is 0 Å². The molecule has 2 N–H and O–H groups in total. The van der Waals surface area contributed by atoms with Crippen LogP contribution in [-0.4, -0.2) is 43.4 Å². The molecule has 1 saturated carbocycles. The van der Waals surface area contributed by atoms with Gasteiger partial charge in [-0.3, -0.25) is 4.79 Å². The Kier molecular flexibility index (Phi) is 8.38. The quantitative estimate of drug-likeness (QED) is 0.389. The fourth-order valence-corrected chi connectivity index (χ4v) is 4.37. The Morgan fingerprint density at radius 2 is 2.00 bits per heavy atom. The monoisotopic (exact) mass is 484 g/mol. The normalized spacial score (nSPS) is 18.9. The molecule has 2 aliphatic rings. The van der Waals surface area contributed by atoms with Crippen molar-refractivity contribution in [3.63, 3.8) is 0 Å².